The minimum absolute atomic E-state index is 0.214. The van der Waals surface area contributed by atoms with Gasteiger partial charge < -0.3 is 15.9 Å². The van der Waals surface area contributed by atoms with E-state index in [1.165, 1.54) is 0 Å². The smallest absolute Gasteiger partial charge is 0.116 e. The van der Waals surface area contributed by atoms with Crippen LogP contribution in [-0.4, -0.2) is 10.2 Å². The molecular weight excluding hydrogens is 250 g/mol. The Morgan fingerprint density at radius 1 is 0.800 bits per heavy atom. The molecule has 0 fully saturated rings. The molecule has 4 N–H and O–H groups in total. The molecule has 100 valence electrons. The van der Waals surface area contributed by atoms with Gasteiger partial charge >= 0.3 is 0 Å². The zero-order valence-electron chi connectivity index (χ0n) is 10.9. The van der Waals surface area contributed by atoms with Gasteiger partial charge in [-0.05, 0) is 47.2 Å². The first-order chi connectivity index (χ1) is 9.63. The van der Waals surface area contributed by atoms with E-state index in [1.807, 2.05) is 30.3 Å². The second-order valence-corrected chi connectivity index (χ2v) is 4.89. The monoisotopic (exact) mass is 265 g/mol. The third-order valence-electron chi connectivity index (χ3n) is 3.47. The van der Waals surface area contributed by atoms with E-state index < -0.39 is 0 Å². The second-order valence-electron chi connectivity index (χ2n) is 4.89. The fraction of sp³-hybridized carbons (Fsp3) is 0.0588. The summed E-state index contributed by atoms with van der Waals surface area (Å²) in [5.74, 6) is 0.469. The van der Waals surface area contributed by atoms with E-state index in [9.17, 15) is 10.2 Å². The lowest BCUT2D eigenvalue weighted by Crippen LogP contribution is -1.97. The van der Waals surface area contributed by atoms with Gasteiger partial charge in [0.25, 0.3) is 0 Å². The molecule has 3 nitrogen and oxygen atoms in total. The van der Waals surface area contributed by atoms with Crippen molar-refractivity contribution < 1.29 is 10.2 Å². The summed E-state index contributed by atoms with van der Waals surface area (Å²) in [6.07, 6.45) is 0.692. The highest BCUT2D eigenvalue weighted by atomic mass is 16.3. The maximum Gasteiger partial charge on any atom is 0.116 e. The van der Waals surface area contributed by atoms with Crippen LogP contribution in [0.25, 0.3) is 10.8 Å². The third kappa shape index (κ3) is 2.26. The molecule has 0 unspecified atom stereocenters. The highest BCUT2D eigenvalue weighted by Gasteiger charge is 2.06. The van der Waals surface area contributed by atoms with Gasteiger partial charge in [0.05, 0.1) is 0 Å². The topological polar surface area (TPSA) is 66.5 Å². The third-order valence-corrected chi connectivity index (χ3v) is 3.47. The van der Waals surface area contributed by atoms with Crippen LogP contribution in [0.4, 0.5) is 5.69 Å². The first-order valence-corrected chi connectivity index (χ1v) is 6.41. The molecule has 0 aromatic heterocycles. The van der Waals surface area contributed by atoms with Crippen molar-refractivity contribution in [1.29, 1.82) is 0 Å². The minimum Gasteiger partial charge on any atom is -0.508 e. The molecule has 0 aliphatic heterocycles. The van der Waals surface area contributed by atoms with Crippen molar-refractivity contribution in [2.75, 3.05) is 5.73 Å². The lowest BCUT2D eigenvalue weighted by atomic mass is 9.98. The summed E-state index contributed by atoms with van der Waals surface area (Å²) < 4.78 is 0. The molecule has 0 radical (unpaired) electrons. The maximum atomic E-state index is 9.58. The number of hydrogen-bond donors (Lipinski definition) is 3. The SMILES string of the molecule is Nc1c(Cc2ccc(O)cc2)ccc2ccc(O)cc12. The summed E-state index contributed by atoms with van der Waals surface area (Å²) in [6.45, 7) is 0. The molecule has 0 heterocycles. The molecule has 3 rings (SSSR count). The van der Waals surface area contributed by atoms with Gasteiger partial charge in [0, 0.05) is 11.1 Å². The van der Waals surface area contributed by atoms with Gasteiger partial charge in [-0.1, -0.05) is 30.3 Å². The van der Waals surface area contributed by atoms with Crippen molar-refractivity contribution in [1.82, 2.24) is 0 Å². The van der Waals surface area contributed by atoms with E-state index in [2.05, 4.69) is 0 Å². The predicted molar refractivity (Wildman–Crippen MR) is 80.9 cm³/mol. The van der Waals surface area contributed by atoms with Gasteiger partial charge in [-0.3, -0.25) is 0 Å². The van der Waals surface area contributed by atoms with Crippen molar-refractivity contribution >= 4 is 16.5 Å². The first kappa shape index (κ1) is 12.4. The van der Waals surface area contributed by atoms with Gasteiger partial charge in [-0.25, -0.2) is 0 Å². The van der Waals surface area contributed by atoms with Crippen LogP contribution in [0.15, 0.2) is 54.6 Å². The van der Waals surface area contributed by atoms with Crippen molar-refractivity contribution in [2.24, 2.45) is 0 Å². The van der Waals surface area contributed by atoms with Crippen molar-refractivity contribution in [2.45, 2.75) is 6.42 Å². The maximum absolute atomic E-state index is 9.58. The normalized spacial score (nSPS) is 10.8. The number of hydrogen-bond acceptors (Lipinski definition) is 3. The number of anilines is 1. The Labute approximate surface area is 116 Å². The van der Waals surface area contributed by atoms with E-state index in [0.29, 0.717) is 12.1 Å². The van der Waals surface area contributed by atoms with Crippen LogP contribution < -0.4 is 5.73 Å². The van der Waals surface area contributed by atoms with Crippen LogP contribution >= 0.6 is 0 Å². The molecule has 3 aromatic rings. The summed E-state index contributed by atoms with van der Waals surface area (Å²) in [7, 11) is 0. The van der Waals surface area contributed by atoms with Crippen LogP contribution in [0.2, 0.25) is 0 Å². The number of phenols is 2. The number of aromatic hydroxyl groups is 2. The number of benzene rings is 3. The first-order valence-electron chi connectivity index (χ1n) is 6.41. The Morgan fingerprint density at radius 2 is 1.45 bits per heavy atom. The highest BCUT2D eigenvalue weighted by molar-refractivity contribution is 5.95. The highest BCUT2D eigenvalue weighted by Crippen LogP contribution is 2.29. The number of nitrogen functional groups attached to an aromatic ring is 1. The summed E-state index contributed by atoms with van der Waals surface area (Å²) in [5, 5.41) is 20.8. The van der Waals surface area contributed by atoms with Gasteiger partial charge in [-0.15, -0.1) is 0 Å². The molecule has 3 heteroatoms. The molecule has 20 heavy (non-hydrogen) atoms. The average Bonchev–Trinajstić information content (AvgIpc) is 2.45. The number of fused-ring (bicyclic) bond motifs is 1. The number of nitrogens with two attached hydrogens (primary N) is 1. The molecule has 0 saturated heterocycles. The summed E-state index contributed by atoms with van der Waals surface area (Å²) >= 11 is 0. The zero-order valence-corrected chi connectivity index (χ0v) is 10.9. The van der Waals surface area contributed by atoms with E-state index >= 15 is 0 Å². The average molecular weight is 265 g/mol. The molecule has 0 atom stereocenters. The van der Waals surface area contributed by atoms with E-state index in [0.717, 1.165) is 21.9 Å². The van der Waals surface area contributed by atoms with Gasteiger partial charge in [-0.2, -0.15) is 0 Å². The van der Waals surface area contributed by atoms with Crippen molar-refractivity contribution in [3.8, 4) is 11.5 Å². The van der Waals surface area contributed by atoms with Gasteiger partial charge in [0.2, 0.25) is 0 Å². The van der Waals surface area contributed by atoms with Gasteiger partial charge in [0.15, 0.2) is 0 Å². The Kier molecular flexibility index (Phi) is 2.95. The summed E-state index contributed by atoms with van der Waals surface area (Å²) in [4.78, 5) is 0. The van der Waals surface area contributed by atoms with Gasteiger partial charge in [0.1, 0.15) is 11.5 Å². The molecule has 0 aliphatic carbocycles. The Morgan fingerprint density at radius 3 is 2.20 bits per heavy atom. The van der Waals surface area contributed by atoms with E-state index in [-0.39, 0.29) is 11.5 Å². The molecule has 0 bridgehead atoms. The van der Waals surface area contributed by atoms with Crippen molar-refractivity contribution in [3.05, 3.63) is 65.7 Å². The lowest BCUT2D eigenvalue weighted by Gasteiger charge is -2.10. The fourth-order valence-corrected chi connectivity index (χ4v) is 2.36. The Balaban J connectivity index is 2.03. The standard InChI is InChI=1S/C17H15NO2/c18-17-13(9-11-1-6-14(19)7-2-11)4-3-12-5-8-15(20)10-16(12)17/h1-8,10,19-20H,9,18H2. The minimum atomic E-state index is 0.214. The molecule has 0 saturated carbocycles. The Bertz CT molecular complexity index is 764. The van der Waals surface area contributed by atoms with Crippen molar-refractivity contribution in [3.63, 3.8) is 0 Å². The molecule has 0 spiro atoms. The van der Waals surface area contributed by atoms with Crippen LogP contribution in [0.1, 0.15) is 11.1 Å². The molecular formula is C17H15NO2. The molecule has 0 aliphatic rings. The predicted octanol–water partition coefficient (Wildman–Crippen LogP) is 3.42. The fourth-order valence-electron chi connectivity index (χ4n) is 2.36. The molecule has 3 aromatic carbocycles. The van der Waals surface area contributed by atoms with E-state index in [1.54, 1.807) is 24.3 Å². The van der Waals surface area contributed by atoms with Crippen LogP contribution in [0.3, 0.4) is 0 Å². The largest absolute Gasteiger partial charge is 0.508 e. The quantitative estimate of drug-likeness (QED) is 0.622. The molecule has 0 amide bonds. The summed E-state index contributed by atoms with van der Waals surface area (Å²) in [5.41, 5.74) is 8.98. The lowest BCUT2D eigenvalue weighted by molar-refractivity contribution is 0.475. The zero-order chi connectivity index (χ0) is 14.1. The van der Waals surface area contributed by atoms with Crippen LogP contribution in [-0.2, 0) is 6.42 Å². The summed E-state index contributed by atoms with van der Waals surface area (Å²) in [6, 6.07) is 16.3. The second kappa shape index (κ2) is 4.78. The Hall–Kier alpha value is -2.68. The number of phenolic OH excluding ortho intramolecular Hbond substituents is 2. The number of rotatable bonds is 2. The van der Waals surface area contributed by atoms with Crippen LogP contribution in [0.5, 0.6) is 11.5 Å². The van der Waals surface area contributed by atoms with E-state index in [4.69, 9.17) is 5.73 Å². The van der Waals surface area contributed by atoms with Crippen LogP contribution in [0, 0.1) is 0 Å².